The molecule has 34 heavy (non-hydrogen) atoms. The summed E-state index contributed by atoms with van der Waals surface area (Å²) in [4.78, 5) is 2.77. The van der Waals surface area contributed by atoms with Crippen molar-refractivity contribution in [2.45, 2.75) is 64.4 Å². The summed E-state index contributed by atoms with van der Waals surface area (Å²) in [6.45, 7) is 10.5. The van der Waals surface area contributed by atoms with E-state index in [1.165, 1.54) is 18.4 Å². The monoisotopic (exact) mass is 480 g/mol. The average molecular weight is 481 g/mol. The number of hydrogen-bond donors (Lipinski definition) is 1. The first-order valence-electron chi connectivity index (χ1n) is 12.1. The first-order valence-corrected chi connectivity index (χ1v) is 13.6. The smallest absolute Gasteiger partial charge is 0.262 e. The van der Waals surface area contributed by atoms with Gasteiger partial charge in [-0.1, -0.05) is 44.2 Å². The summed E-state index contributed by atoms with van der Waals surface area (Å²) < 4.78 is 30.9. The summed E-state index contributed by atoms with van der Waals surface area (Å²) in [7, 11) is -1.88. The van der Waals surface area contributed by atoms with Crippen molar-refractivity contribution >= 4 is 15.7 Å². The van der Waals surface area contributed by atoms with Crippen molar-refractivity contribution < 1.29 is 8.42 Å². The van der Waals surface area contributed by atoms with Gasteiger partial charge < -0.3 is 0 Å². The highest BCUT2D eigenvalue weighted by molar-refractivity contribution is 7.92. The number of benzene rings is 2. The molecule has 1 saturated heterocycles. The van der Waals surface area contributed by atoms with E-state index in [-0.39, 0.29) is 4.90 Å². The number of rotatable bonds is 8. The van der Waals surface area contributed by atoms with Crippen LogP contribution in [0.4, 0.5) is 5.69 Å². The Morgan fingerprint density at radius 1 is 1.12 bits per heavy atom. The van der Waals surface area contributed by atoms with Crippen molar-refractivity contribution in [2.24, 2.45) is 13.0 Å². The van der Waals surface area contributed by atoms with Crippen LogP contribution >= 0.6 is 0 Å². The third kappa shape index (κ3) is 5.36. The van der Waals surface area contributed by atoms with Crippen LogP contribution in [0.2, 0.25) is 0 Å². The summed E-state index contributed by atoms with van der Waals surface area (Å²) in [6.07, 6.45) is 3.24. The minimum atomic E-state index is -3.72. The number of sulfonamides is 1. The van der Waals surface area contributed by atoms with E-state index in [9.17, 15) is 8.42 Å². The van der Waals surface area contributed by atoms with Crippen LogP contribution in [-0.2, 0) is 30.0 Å². The molecule has 1 atom stereocenters. The molecule has 3 aromatic rings. The van der Waals surface area contributed by atoms with Crippen LogP contribution in [0.15, 0.2) is 53.4 Å². The van der Waals surface area contributed by atoms with E-state index in [0.29, 0.717) is 24.1 Å². The normalized spacial score (nSPS) is 16.9. The number of likely N-dealkylation sites (tertiary alicyclic amines) is 1. The Kier molecular flexibility index (Phi) is 7.14. The third-order valence-electron chi connectivity index (χ3n) is 6.75. The number of nitrogens with zero attached hydrogens (tertiary/aromatic N) is 3. The molecule has 1 aliphatic rings. The van der Waals surface area contributed by atoms with E-state index in [1.54, 1.807) is 16.8 Å². The summed E-state index contributed by atoms with van der Waals surface area (Å²) >= 11 is 0. The quantitative estimate of drug-likeness (QED) is 0.470. The maximum atomic E-state index is 13.2. The van der Waals surface area contributed by atoms with Crippen molar-refractivity contribution in [1.82, 2.24) is 14.7 Å². The van der Waals surface area contributed by atoms with Crippen molar-refractivity contribution in [3.8, 4) is 11.1 Å². The molecule has 0 bridgehead atoms. The fourth-order valence-corrected chi connectivity index (χ4v) is 5.82. The first kappa shape index (κ1) is 24.5. The minimum absolute atomic E-state index is 0.247. The Hall–Kier alpha value is -2.64. The predicted molar refractivity (Wildman–Crippen MR) is 138 cm³/mol. The third-order valence-corrected chi connectivity index (χ3v) is 8.11. The van der Waals surface area contributed by atoms with E-state index in [0.717, 1.165) is 35.6 Å². The van der Waals surface area contributed by atoms with Crippen molar-refractivity contribution in [2.75, 3.05) is 11.3 Å². The molecule has 1 fully saturated rings. The molecule has 182 valence electrons. The Bertz CT molecular complexity index is 1250. The lowest BCUT2D eigenvalue weighted by Gasteiger charge is -2.21. The Morgan fingerprint density at radius 3 is 2.50 bits per heavy atom. The van der Waals surface area contributed by atoms with Gasteiger partial charge >= 0.3 is 0 Å². The van der Waals surface area contributed by atoms with Crippen molar-refractivity contribution in [3.05, 3.63) is 65.5 Å². The highest BCUT2D eigenvalue weighted by atomic mass is 32.2. The van der Waals surface area contributed by atoms with Crippen molar-refractivity contribution in [3.63, 3.8) is 0 Å². The van der Waals surface area contributed by atoms with Gasteiger partial charge in [-0.3, -0.25) is 14.3 Å². The second-order valence-corrected chi connectivity index (χ2v) is 11.6. The van der Waals surface area contributed by atoms with Crippen LogP contribution in [-0.4, -0.2) is 35.7 Å². The molecule has 0 amide bonds. The zero-order valence-corrected chi connectivity index (χ0v) is 21.7. The molecule has 1 unspecified atom stereocenters. The number of hydrogen-bond acceptors (Lipinski definition) is 4. The Labute approximate surface area is 204 Å². The molecule has 1 N–H and O–H groups in total. The van der Waals surface area contributed by atoms with E-state index in [4.69, 9.17) is 0 Å². The maximum absolute atomic E-state index is 13.2. The maximum Gasteiger partial charge on any atom is 0.262 e. The summed E-state index contributed by atoms with van der Waals surface area (Å²) in [5.74, 6) is 0.376. The van der Waals surface area contributed by atoms with Crippen LogP contribution in [0, 0.1) is 12.8 Å². The molecule has 0 spiro atoms. The minimum Gasteiger partial charge on any atom is -0.296 e. The largest absolute Gasteiger partial charge is 0.296 e. The van der Waals surface area contributed by atoms with Crippen LogP contribution in [0.5, 0.6) is 0 Å². The van der Waals surface area contributed by atoms with E-state index in [1.807, 2.05) is 26.1 Å². The summed E-state index contributed by atoms with van der Waals surface area (Å²) in [5.41, 5.74) is 5.56. The number of aryl methyl sites for hydroxylation is 1. The fourth-order valence-electron chi connectivity index (χ4n) is 4.67. The molecule has 2 heterocycles. The standard InChI is InChI=1S/C27H36N4O2S/c1-19(2)16-26-27(21(4)30(5)28-26)29-34(32,33)25-13-11-23(12-14-25)24-10-6-9-22(17-24)18-31-15-7-8-20(31)3/h6,9-14,17,19-20,29H,7-8,15-16,18H2,1-5H3. The number of nitrogens with one attached hydrogen (secondary N) is 1. The van der Waals surface area contributed by atoms with Gasteiger partial charge in [-0.05, 0) is 80.5 Å². The zero-order valence-electron chi connectivity index (χ0n) is 20.9. The van der Waals surface area contributed by atoms with Crippen molar-refractivity contribution in [1.29, 1.82) is 0 Å². The van der Waals surface area contributed by atoms with Gasteiger partial charge in [-0.15, -0.1) is 0 Å². The van der Waals surface area contributed by atoms with Crippen LogP contribution in [0.1, 0.15) is 50.6 Å². The molecule has 4 rings (SSSR count). The van der Waals surface area contributed by atoms with Gasteiger partial charge in [0.1, 0.15) is 0 Å². The number of aromatic nitrogens is 2. The first-order chi connectivity index (χ1) is 16.1. The Balaban J connectivity index is 1.53. The Morgan fingerprint density at radius 2 is 1.85 bits per heavy atom. The van der Waals surface area contributed by atoms with Gasteiger partial charge in [0.15, 0.2) is 0 Å². The lowest BCUT2D eigenvalue weighted by Crippen LogP contribution is -2.26. The van der Waals surface area contributed by atoms with Gasteiger partial charge in [0.25, 0.3) is 10.0 Å². The second-order valence-electron chi connectivity index (χ2n) is 9.92. The SMILES string of the molecule is Cc1c(NS(=O)(=O)c2ccc(-c3cccc(CN4CCCC4C)c3)cc2)c(CC(C)C)nn1C. The molecule has 1 aromatic heterocycles. The fraction of sp³-hybridized carbons (Fsp3) is 0.444. The molecular formula is C27H36N4O2S. The van der Waals surface area contributed by atoms with Gasteiger partial charge in [-0.2, -0.15) is 5.10 Å². The van der Waals surface area contributed by atoms with E-state index in [2.05, 4.69) is 59.8 Å². The van der Waals surface area contributed by atoms with Gasteiger partial charge in [0.2, 0.25) is 0 Å². The van der Waals surface area contributed by atoms with Gasteiger partial charge in [-0.25, -0.2) is 8.42 Å². The summed E-state index contributed by atoms with van der Waals surface area (Å²) in [5, 5.41) is 4.52. The molecule has 0 saturated carbocycles. The average Bonchev–Trinajstić information content (AvgIpc) is 3.31. The molecular weight excluding hydrogens is 444 g/mol. The number of anilines is 1. The molecule has 6 nitrogen and oxygen atoms in total. The molecule has 7 heteroatoms. The topological polar surface area (TPSA) is 67.2 Å². The van der Waals surface area contributed by atoms with E-state index >= 15 is 0 Å². The van der Waals surface area contributed by atoms with Crippen LogP contribution < -0.4 is 4.72 Å². The zero-order chi connectivity index (χ0) is 24.5. The van der Waals surface area contributed by atoms with Crippen LogP contribution in [0.3, 0.4) is 0 Å². The predicted octanol–water partition coefficient (Wildman–Crippen LogP) is 5.38. The summed E-state index contributed by atoms with van der Waals surface area (Å²) in [6, 6.07) is 16.3. The highest BCUT2D eigenvalue weighted by Crippen LogP contribution is 2.28. The second kappa shape index (κ2) is 9.92. The van der Waals surface area contributed by atoms with E-state index < -0.39 is 10.0 Å². The van der Waals surface area contributed by atoms with Gasteiger partial charge in [0, 0.05) is 19.6 Å². The molecule has 2 aromatic carbocycles. The molecule has 1 aliphatic heterocycles. The van der Waals surface area contributed by atoms with Gasteiger partial charge in [0.05, 0.1) is 22.0 Å². The molecule has 0 radical (unpaired) electrons. The molecule has 0 aliphatic carbocycles. The highest BCUT2D eigenvalue weighted by Gasteiger charge is 2.22. The van der Waals surface area contributed by atoms with Crippen LogP contribution in [0.25, 0.3) is 11.1 Å². The lowest BCUT2D eigenvalue weighted by atomic mass is 10.0. The lowest BCUT2D eigenvalue weighted by molar-refractivity contribution is 0.260.